The van der Waals surface area contributed by atoms with Gasteiger partial charge in [0.05, 0.1) is 35.9 Å². The topological polar surface area (TPSA) is 134 Å². The molecule has 2 aliphatic rings. The molecule has 1 unspecified atom stereocenters. The molecule has 5 heterocycles. The summed E-state index contributed by atoms with van der Waals surface area (Å²) in [5, 5.41) is 14.4. The first-order chi connectivity index (χ1) is 18.0. The Morgan fingerprint density at radius 3 is 2.97 bits per heavy atom. The molecule has 0 spiro atoms. The SMILES string of the molecule is O=C(Nc1cn(C2CCOC2=O)nc1-c1cc2c(cc1OC(F)F)NCCO2)c1cnn2cccnc12. The molecular weight excluding hydrogens is 492 g/mol. The molecule has 4 aromatic rings. The van der Waals surface area contributed by atoms with Crippen LogP contribution in [0.1, 0.15) is 22.8 Å². The number of carbonyl (C=O) groups is 2. The van der Waals surface area contributed by atoms with Crippen molar-refractivity contribution in [3.05, 3.63) is 48.5 Å². The average Bonchev–Trinajstić information content (AvgIpc) is 3.61. The summed E-state index contributed by atoms with van der Waals surface area (Å²) in [4.78, 5) is 29.7. The maximum absolute atomic E-state index is 13.3. The van der Waals surface area contributed by atoms with Crippen LogP contribution in [0.5, 0.6) is 11.5 Å². The van der Waals surface area contributed by atoms with Crippen LogP contribution >= 0.6 is 0 Å². The van der Waals surface area contributed by atoms with Gasteiger partial charge >= 0.3 is 12.6 Å². The van der Waals surface area contributed by atoms with E-state index in [1.54, 1.807) is 12.3 Å². The number of anilines is 2. The molecule has 2 aliphatic heterocycles. The highest BCUT2D eigenvalue weighted by Crippen LogP contribution is 2.43. The zero-order chi connectivity index (χ0) is 25.5. The van der Waals surface area contributed by atoms with Crippen LogP contribution < -0.4 is 20.1 Å². The minimum Gasteiger partial charge on any atom is -0.490 e. The summed E-state index contributed by atoms with van der Waals surface area (Å²) in [6.45, 7) is -2.04. The van der Waals surface area contributed by atoms with Crippen molar-refractivity contribution in [3.8, 4) is 22.8 Å². The fraction of sp³-hybridized carbons (Fsp3) is 0.261. The van der Waals surface area contributed by atoms with Gasteiger partial charge in [0.25, 0.3) is 5.91 Å². The van der Waals surface area contributed by atoms with Crippen LogP contribution in [-0.4, -0.2) is 62.6 Å². The lowest BCUT2D eigenvalue weighted by molar-refractivity contribution is -0.140. The van der Waals surface area contributed by atoms with Gasteiger partial charge in [-0.05, 0) is 12.1 Å². The van der Waals surface area contributed by atoms with Crippen molar-refractivity contribution in [2.24, 2.45) is 0 Å². The summed E-state index contributed by atoms with van der Waals surface area (Å²) in [5.41, 5.74) is 1.38. The number of halogens is 2. The summed E-state index contributed by atoms with van der Waals surface area (Å²) < 4.78 is 45.0. The van der Waals surface area contributed by atoms with Gasteiger partial charge in [-0.15, -0.1) is 0 Å². The third-order valence-corrected chi connectivity index (χ3v) is 5.96. The van der Waals surface area contributed by atoms with Gasteiger partial charge in [0.1, 0.15) is 29.4 Å². The normalized spacial score (nSPS) is 16.7. The number of amides is 1. The smallest absolute Gasteiger partial charge is 0.387 e. The number of carbonyl (C=O) groups excluding carboxylic acids is 2. The first-order valence-corrected chi connectivity index (χ1v) is 11.3. The van der Waals surface area contributed by atoms with Crippen LogP contribution in [0.25, 0.3) is 16.9 Å². The van der Waals surface area contributed by atoms with E-state index >= 15 is 0 Å². The minimum absolute atomic E-state index is 0.102. The Balaban J connectivity index is 1.46. The van der Waals surface area contributed by atoms with Crippen molar-refractivity contribution in [2.45, 2.75) is 19.1 Å². The number of fused-ring (bicyclic) bond motifs is 2. The fourth-order valence-corrected chi connectivity index (χ4v) is 4.29. The second-order valence-corrected chi connectivity index (χ2v) is 8.24. The molecule has 190 valence electrons. The van der Waals surface area contributed by atoms with Gasteiger partial charge in [0, 0.05) is 31.4 Å². The van der Waals surface area contributed by atoms with E-state index in [-0.39, 0.29) is 34.9 Å². The molecule has 14 heteroatoms. The lowest BCUT2D eigenvalue weighted by atomic mass is 10.1. The van der Waals surface area contributed by atoms with E-state index in [4.69, 9.17) is 14.2 Å². The maximum Gasteiger partial charge on any atom is 0.387 e. The van der Waals surface area contributed by atoms with Crippen molar-refractivity contribution in [1.82, 2.24) is 24.4 Å². The second kappa shape index (κ2) is 9.04. The number of cyclic esters (lactones) is 1. The van der Waals surface area contributed by atoms with E-state index in [1.807, 2.05) is 0 Å². The quantitative estimate of drug-likeness (QED) is 0.375. The number of aromatic nitrogens is 5. The van der Waals surface area contributed by atoms with E-state index in [0.717, 1.165) is 0 Å². The van der Waals surface area contributed by atoms with Crippen LogP contribution in [-0.2, 0) is 9.53 Å². The molecule has 0 bridgehead atoms. The molecule has 3 aromatic heterocycles. The fourth-order valence-electron chi connectivity index (χ4n) is 4.29. The zero-order valence-electron chi connectivity index (χ0n) is 19.1. The predicted octanol–water partition coefficient (Wildman–Crippen LogP) is 2.74. The molecule has 1 atom stereocenters. The van der Waals surface area contributed by atoms with Crippen LogP contribution in [0.4, 0.5) is 20.2 Å². The molecule has 1 saturated heterocycles. The maximum atomic E-state index is 13.3. The summed E-state index contributed by atoms with van der Waals surface area (Å²) >= 11 is 0. The number of alkyl halides is 2. The third-order valence-electron chi connectivity index (χ3n) is 5.96. The van der Waals surface area contributed by atoms with Crippen molar-refractivity contribution in [2.75, 3.05) is 30.4 Å². The van der Waals surface area contributed by atoms with Crippen molar-refractivity contribution >= 4 is 28.9 Å². The highest BCUT2D eigenvalue weighted by Gasteiger charge is 2.32. The van der Waals surface area contributed by atoms with Crippen LogP contribution in [0.2, 0.25) is 0 Å². The molecule has 0 radical (unpaired) electrons. The lowest BCUT2D eigenvalue weighted by Gasteiger charge is -2.21. The molecule has 6 rings (SSSR count). The molecule has 1 aromatic carbocycles. The Morgan fingerprint density at radius 2 is 2.16 bits per heavy atom. The largest absolute Gasteiger partial charge is 0.490 e. The van der Waals surface area contributed by atoms with E-state index in [0.29, 0.717) is 36.7 Å². The van der Waals surface area contributed by atoms with E-state index in [2.05, 4.69) is 25.8 Å². The van der Waals surface area contributed by atoms with Gasteiger partial charge in [0.2, 0.25) is 0 Å². The van der Waals surface area contributed by atoms with Crippen molar-refractivity contribution in [1.29, 1.82) is 0 Å². The number of hydrogen-bond acceptors (Lipinski definition) is 9. The molecular formula is C23H19F2N7O5. The number of rotatable bonds is 6. The summed E-state index contributed by atoms with van der Waals surface area (Å²) in [6, 6.07) is 3.82. The van der Waals surface area contributed by atoms with E-state index < -0.39 is 24.5 Å². The number of esters is 1. The summed E-state index contributed by atoms with van der Waals surface area (Å²) in [5.74, 6) is -0.822. The zero-order valence-corrected chi connectivity index (χ0v) is 19.1. The summed E-state index contributed by atoms with van der Waals surface area (Å²) in [7, 11) is 0. The van der Waals surface area contributed by atoms with Crippen LogP contribution in [0, 0.1) is 0 Å². The molecule has 12 nitrogen and oxygen atoms in total. The molecule has 0 aliphatic carbocycles. The Kier molecular flexibility index (Phi) is 5.54. The molecule has 0 saturated carbocycles. The number of benzene rings is 1. The highest BCUT2D eigenvalue weighted by atomic mass is 19.3. The van der Waals surface area contributed by atoms with Gasteiger partial charge in [-0.1, -0.05) is 0 Å². The lowest BCUT2D eigenvalue weighted by Crippen LogP contribution is -2.18. The molecule has 37 heavy (non-hydrogen) atoms. The van der Waals surface area contributed by atoms with Crippen LogP contribution in [0.15, 0.2) is 43.0 Å². The molecule has 2 N–H and O–H groups in total. The molecule has 1 amide bonds. The number of nitrogens with zero attached hydrogens (tertiary/aromatic N) is 5. The van der Waals surface area contributed by atoms with E-state index in [9.17, 15) is 18.4 Å². The first-order valence-electron chi connectivity index (χ1n) is 11.3. The predicted molar refractivity (Wildman–Crippen MR) is 124 cm³/mol. The van der Waals surface area contributed by atoms with Gasteiger partial charge in [-0.25, -0.2) is 14.3 Å². The van der Waals surface area contributed by atoms with Crippen molar-refractivity contribution < 1.29 is 32.6 Å². The number of nitrogens with one attached hydrogen (secondary N) is 2. The van der Waals surface area contributed by atoms with Crippen LogP contribution in [0.3, 0.4) is 0 Å². The van der Waals surface area contributed by atoms with Crippen molar-refractivity contribution in [3.63, 3.8) is 0 Å². The highest BCUT2D eigenvalue weighted by molar-refractivity contribution is 6.09. The Labute approximate surface area is 207 Å². The standard InChI is InChI=1S/C23H19F2N7O5/c24-23(25)37-17-9-14-18(35-7-4-26-14)8-12(17)19-15(11-32(30-19)16-2-6-36-22(16)34)29-21(33)13-10-28-31-5-1-3-27-20(13)31/h1,3,5,8-11,16,23,26H,2,4,6-7H2,(H,29,33). The first kappa shape index (κ1) is 22.7. The Bertz CT molecular complexity index is 1520. The third kappa shape index (κ3) is 4.15. The van der Waals surface area contributed by atoms with E-state index in [1.165, 1.54) is 39.9 Å². The second-order valence-electron chi connectivity index (χ2n) is 8.24. The average molecular weight is 511 g/mol. The number of hydrogen-bond donors (Lipinski definition) is 2. The summed E-state index contributed by atoms with van der Waals surface area (Å²) in [6.07, 6.45) is 6.35. The van der Waals surface area contributed by atoms with Gasteiger partial charge in [-0.2, -0.15) is 19.0 Å². The Morgan fingerprint density at radius 1 is 1.27 bits per heavy atom. The molecule has 1 fully saturated rings. The van der Waals surface area contributed by atoms with Gasteiger partial charge in [-0.3, -0.25) is 9.48 Å². The Hall–Kier alpha value is -4.75. The minimum atomic E-state index is -3.11. The van der Waals surface area contributed by atoms with Gasteiger partial charge in [0.15, 0.2) is 11.7 Å². The van der Waals surface area contributed by atoms with Gasteiger partial charge < -0.3 is 24.8 Å². The number of ether oxygens (including phenoxy) is 3. The monoisotopic (exact) mass is 511 g/mol.